The largest absolute Gasteiger partial charge is 0.374 e. The number of aryl methyl sites for hydroxylation is 1. The lowest BCUT2D eigenvalue weighted by molar-refractivity contribution is -0.0682. The van der Waals surface area contributed by atoms with Gasteiger partial charge in [0.2, 0.25) is 0 Å². The number of likely N-dealkylation sites (N-methyl/N-ethyl adjacent to an activating group) is 1. The van der Waals surface area contributed by atoms with Crippen molar-refractivity contribution in [2.45, 2.75) is 19.1 Å². The smallest absolute Gasteiger partial charge is 0.0909 e. The van der Waals surface area contributed by atoms with Crippen molar-refractivity contribution < 1.29 is 4.74 Å². The second kappa shape index (κ2) is 4.95. The van der Waals surface area contributed by atoms with Gasteiger partial charge in [-0.3, -0.25) is 9.58 Å². The molecule has 0 saturated carbocycles. The molecule has 1 aliphatic heterocycles. The van der Waals surface area contributed by atoms with Crippen LogP contribution in [0.5, 0.6) is 0 Å². The summed E-state index contributed by atoms with van der Waals surface area (Å²) in [6, 6.07) is 2.28. The van der Waals surface area contributed by atoms with Crippen molar-refractivity contribution in [3.05, 3.63) is 18.0 Å². The number of hydrogen-bond acceptors (Lipinski definition) is 4. The van der Waals surface area contributed by atoms with Crippen molar-refractivity contribution in [1.29, 1.82) is 0 Å². The summed E-state index contributed by atoms with van der Waals surface area (Å²) >= 11 is 0. The van der Waals surface area contributed by atoms with Crippen molar-refractivity contribution in [3.8, 4) is 0 Å². The number of nitrogens with two attached hydrogens (primary N) is 1. The second-order valence-corrected chi connectivity index (χ2v) is 4.10. The van der Waals surface area contributed by atoms with Gasteiger partial charge in [-0.15, -0.1) is 0 Å². The molecule has 1 fully saturated rings. The third-order valence-electron chi connectivity index (χ3n) is 3.26. The second-order valence-electron chi connectivity index (χ2n) is 4.10. The van der Waals surface area contributed by atoms with Crippen LogP contribution in [0.1, 0.15) is 18.7 Å². The molecular formula is C11H20N4O. The molecule has 0 spiro atoms. The average Bonchev–Trinajstić information content (AvgIpc) is 2.74. The quantitative estimate of drug-likeness (QED) is 0.793. The Balaban J connectivity index is 2.28. The Morgan fingerprint density at radius 2 is 2.44 bits per heavy atom. The first-order valence-corrected chi connectivity index (χ1v) is 5.81. The van der Waals surface area contributed by atoms with Crippen molar-refractivity contribution in [2.75, 3.05) is 26.2 Å². The molecule has 2 atom stereocenters. The highest BCUT2D eigenvalue weighted by atomic mass is 16.5. The molecule has 16 heavy (non-hydrogen) atoms. The van der Waals surface area contributed by atoms with Gasteiger partial charge in [-0.2, -0.15) is 5.10 Å². The van der Waals surface area contributed by atoms with E-state index in [9.17, 15) is 0 Å². The van der Waals surface area contributed by atoms with Crippen molar-refractivity contribution in [1.82, 2.24) is 14.7 Å². The Labute approximate surface area is 96.2 Å². The van der Waals surface area contributed by atoms with Crippen molar-refractivity contribution >= 4 is 0 Å². The summed E-state index contributed by atoms with van der Waals surface area (Å²) in [5.74, 6) is 0. The number of aromatic nitrogens is 2. The minimum Gasteiger partial charge on any atom is -0.374 e. The van der Waals surface area contributed by atoms with Gasteiger partial charge in [-0.25, -0.2) is 0 Å². The van der Waals surface area contributed by atoms with E-state index >= 15 is 0 Å². The van der Waals surface area contributed by atoms with Gasteiger partial charge in [0.1, 0.15) is 0 Å². The summed E-state index contributed by atoms with van der Waals surface area (Å²) in [5.41, 5.74) is 6.96. The number of nitrogens with zero attached hydrogens (tertiary/aromatic N) is 3. The molecule has 2 heterocycles. The van der Waals surface area contributed by atoms with Gasteiger partial charge in [0.25, 0.3) is 0 Å². The highest BCUT2D eigenvalue weighted by molar-refractivity contribution is 5.10. The molecule has 0 aromatic carbocycles. The number of rotatable bonds is 3. The SMILES string of the molecule is CCN1CCO[C@@H](CN)[C@@H]1c1ccnn1C. The Morgan fingerprint density at radius 3 is 3.00 bits per heavy atom. The monoisotopic (exact) mass is 224 g/mol. The van der Waals surface area contributed by atoms with Crippen LogP contribution in [-0.4, -0.2) is 47.0 Å². The summed E-state index contributed by atoms with van der Waals surface area (Å²) in [4.78, 5) is 2.40. The minimum absolute atomic E-state index is 0.0732. The first kappa shape index (κ1) is 11.6. The number of morpholine rings is 1. The van der Waals surface area contributed by atoms with Crippen molar-refractivity contribution in [2.24, 2.45) is 12.8 Å². The van der Waals surface area contributed by atoms with Crippen LogP contribution in [-0.2, 0) is 11.8 Å². The fraction of sp³-hybridized carbons (Fsp3) is 0.727. The van der Waals surface area contributed by atoms with Gasteiger partial charge in [0, 0.05) is 26.3 Å². The predicted molar refractivity (Wildman–Crippen MR) is 62.0 cm³/mol. The molecule has 2 rings (SSSR count). The Morgan fingerprint density at radius 1 is 1.62 bits per heavy atom. The van der Waals surface area contributed by atoms with E-state index in [1.807, 2.05) is 24.0 Å². The fourth-order valence-corrected chi connectivity index (χ4v) is 2.39. The molecule has 0 bridgehead atoms. The molecule has 2 N–H and O–H groups in total. The lowest BCUT2D eigenvalue weighted by Gasteiger charge is -2.40. The summed E-state index contributed by atoms with van der Waals surface area (Å²) < 4.78 is 7.65. The van der Waals surface area contributed by atoms with Gasteiger partial charge in [0.05, 0.1) is 24.4 Å². The number of hydrogen-bond donors (Lipinski definition) is 1. The van der Waals surface area contributed by atoms with Crippen LogP contribution in [0.25, 0.3) is 0 Å². The van der Waals surface area contributed by atoms with Crippen LogP contribution in [0.4, 0.5) is 0 Å². The van der Waals surface area contributed by atoms with Gasteiger partial charge < -0.3 is 10.5 Å². The minimum atomic E-state index is 0.0732. The summed E-state index contributed by atoms with van der Waals surface area (Å²) in [6.07, 6.45) is 1.90. The number of ether oxygens (including phenoxy) is 1. The molecule has 90 valence electrons. The highest BCUT2D eigenvalue weighted by Crippen LogP contribution is 2.28. The van der Waals surface area contributed by atoms with Crippen LogP contribution < -0.4 is 5.73 Å². The fourth-order valence-electron chi connectivity index (χ4n) is 2.39. The topological polar surface area (TPSA) is 56.3 Å². The third kappa shape index (κ3) is 1.98. The maximum absolute atomic E-state index is 5.79. The lowest BCUT2D eigenvalue weighted by Crippen LogP contribution is -2.48. The van der Waals surface area contributed by atoms with Crippen LogP contribution in [0, 0.1) is 0 Å². The predicted octanol–water partition coefficient (Wildman–Crippen LogP) is 0.141. The Kier molecular flexibility index (Phi) is 3.58. The zero-order chi connectivity index (χ0) is 11.5. The maximum Gasteiger partial charge on any atom is 0.0909 e. The molecule has 0 amide bonds. The van der Waals surface area contributed by atoms with Crippen LogP contribution in [0.2, 0.25) is 0 Å². The van der Waals surface area contributed by atoms with Crippen LogP contribution >= 0.6 is 0 Å². The van der Waals surface area contributed by atoms with Crippen molar-refractivity contribution in [3.63, 3.8) is 0 Å². The van der Waals surface area contributed by atoms with E-state index in [1.54, 1.807) is 0 Å². The highest BCUT2D eigenvalue weighted by Gasteiger charge is 2.33. The third-order valence-corrected chi connectivity index (χ3v) is 3.26. The average molecular weight is 224 g/mol. The molecular weight excluding hydrogens is 204 g/mol. The summed E-state index contributed by atoms with van der Waals surface area (Å²) in [7, 11) is 1.96. The molecule has 1 aliphatic rings. The van der Waals surface area contributed by atoms with E-state index < -0.39 is 0 Å². The Hall–Kier alpha value is -0.910. The normalized spacial score (nSPS) is 27.2. The summed E-state index contributed by atoms with van der Waals surface area (Å²) in [6.45, 7) is 5.46. The molecule has 1 aromatic heterocycles. The lowest BCUT2D eigenvalue weighted by atomic mass is 10.0. The van der Waals surface area contributed by atoms with E-state index in [2.05, 4.69) is 16.9 Å². The molecule has 5 nitrogen and oxygen atoms in total. The van der Waals surface area contributed by atoms with Crippen LogP contribution in [0.3, 0.4) is 0 Å². The molecule has 0 aliphatic carbocycles. The first-order chi connectivity index (χ1) is 7.77. The first-order valence-electron chi connectivity index (χ1n) is 5.81. The molecule has 1 aromatic rings. The summed E-state index contributed by atoms with van der Waals surface area (Å²) in [5, 5.41) is 4.22. The van der Waals surface area contributed by atoms with Gasteiger partial charge in [0.15, 0.2) is 0 Å². The van der Waals surface area contributed by atoms with E-state index in [-0.39, 0.29) is 12.1 Å². The zero-order valence-electron chi connectivity index (χ0n) is 9.97. The molecule has 0 radical (unpaired) electrons. The van der Waals surface area contributed by atoms with E-state index in [4.69, 9.17) is 10.5 Å². The maximum atomic E-state index is 5.79. The standard InChI is InChI=1S/C11H20N4O/c1-3-15-6-7-16-10(8-12)11(15)9-4-5-13-14(9)2/h4-5,10-11H,3,6-8,12H2,1-2H3/t10-,11-/m0/s1. The Bertz CT molecular complexity index is 326. The van der Waals surface area contributed by atoms with Gasteiger partial charge in [-0.1, -0.05) is 6.92 Å². The van der Waals surface area contributed by atoms with E-state index in [1.165, 1.54) is 5.69 Å². The molecule has 1 saturated heterocycles. The van der Waals surface area contributed by atoms with Gasteiger partial charge >= 0.3 is 0 Å². The zero-order valence-corrected chi connectivity index (χ0v) is 9.97. The van der Waals surface area contributed by atoms with Gasteiger partial charge in [-0.05, 0) is 12.6 Å². The van der Waals surface area contributed by atoms with E-state index in [0.29, 0.717) is 6.54 Å². The van der Waals surface area contributed by atoms with E-state index in [0.717, 1.165) is 19.7 Å². The molecule has 5 heteroatoms. The van der Waals surface area contributed by atoms with Crippen LogP contribution in [0.15, 0.2) is 12.3 Å². The molecule has 0 unspecified atom stereocenters.